The van der Waals surface area contributed by atoms with Crippen molar-refractivity contribution in [2.45, 2.75) is 6.61 Å². The molecule has 0 heterocycles. The van der Waals surface area contributed by atoms with Crippen LogP contribution in [0.15, 0.2) is 42.5 Å². The molecule has 0 saturated heterocycles. The van der Waals surface area contributed by atoms with Crippen LogP contribution in [0.4, 0.5) is 14.9 Å². The molecule has 0 radical (unpaired) electrons. The van der Waals surface area contributed by atoms with Gasteiger partial charge in [0.1, 0.15) is 6.61 Å². The Labute approximate surface area is 143 Å². The molecule has 0 unspecified atom stereocenters. The summed E-state index contributed by atoms with van der Waals surface area (Å²) < 4.78 is 19.4. The summed E-state index contributed by atoms with van der Waals surface area (Å²) in [4.78, 5) is 21.8. The average Bonchev–Trinajstić information content (AvgIpc) is 2.58. The highest BCUT2D eigenvalue weighted by Crippen LogP contribution is 2.22. The van der Waals surface area contributed by atoms with Gasteiger partial charge in [-0.2, -0.15) is 5.26 Å². The van der Waals surface area contributed by atoms with Gasteiger partial charge in [-0.3, -0.25) is 10.1 Å². The first-order chi connectivity index (χ1) is 12.0. The molecule has 0 saturated carbocycles. The summed E-state index contributed by atoms with van der Waals surface area (Å²) in [5, 5.41) is 13.4. The zero-order valence-corrected chi connectivity index (χ0v) is 13.1. The van der Waals surface area contributed by atoms with Crippen molar-refractivity contribution in [1.82, 2.24) is 5.32 Å². The van der Waals surface area contributed by atoms with Gasteiger partial charge in [0, 0.05) is 11.8 Å². The maximum atomic E-state index is 14.0. The van der Waals surface area contributed by atoms with Crippen LogP contribution in [-0.2, 0) is 11.4 Å². The lowest BCUT2D eigenvalue weighted by atomic mass is 10.1. The fourth-order valence-corrected chi connectivity index (χ4v) is 1.98. The molecule has 0 aromatic heterocycles. The van der Waals surface area contributed by atoms with Crippen LogP contribution in [0.2, 0.25) is 0 Å². The number of hydrogen-bond acceptors (Lipinski definition) is 5. The summed E-state index contributed by atoms with van der Waals surface area (Å²) in [6.45, 7) is -0.121. The summed E-state index contributed by atoms with van der Waals surface area (Å²) in [6.07, 6.45) is 0. The first-order valence-electron chi connectivity index (χ1n) is 7.22. The van der Waals surface area contributed by atoms with Crippen LogP contribution in [0.1, 0.15) is 11.1 Å². The third kappa shape index (κ3) is 5.51. The van der Waals surface area contributed by atoms with Crippen LogP contribution >= 0.6 is 0 Å². The minimum atomic E-state index is -0.956. The van der Waals surface area contributed by atoms with Gasteiger partial charge < -0.3 is 15.8 Å². The van der Waals surface area contributed by atoms with Crippen LogP contribution in [-0.4, -0.2) is 18.5 Å². The molecule has 128 valence electrons. The Balaban J connectivity index is 1.93. The third-order valence-electron chi connectivity index (χ3n) is 3.10. The number of carbonyl (C=O) groups is 2. The third-order valence-corrected chi connectivity index (χ3v) is 3.10. The number of benzene rings is 2. The number of nitrogens with zero attached hydrogens (tertiary/aromatic N) is 1. The highest BCUT2D eigenvalue weighted by Gasteiger charge is 2.08. The number of hydrogen-bond donors (Lipinski definition) is 3. The van der Waals surface area contributed by atoms with E-state index in [0.717, 1.165) is 5.56 Å². The van der Waals surface area contributed by atoms with Crippen LogP contribution in [0, 0.1) is 17.1 Å². The first kappa shape index (κ1) is 17.7. The van der Waals surface area contributed by atoms with Crippen LogP contribution in [0.5, 0.6) is 5.75 Å². The van der Waals surface area contributed by atoms with E-state index >= 15 is 0 Å². The van der Waals surface area contributed by atoms with Gasteiger partial charge in [-0.15, -0.1) is 0 Å². The Morgan fingerprint density at radius 1 is 1.24 bits per heavy atom. The highest BCUT2D eigenvalue weighted by atomic mass is 19.1. The van der Waals surface area contributed by atoms with Crippen LogP contribution in [0.3, 0.4) is 0 Å². The summed E-state index contributed by atoms with van der Waals surface area (Å²) in [7, 11) is 0. The van der Waals surface area contributed by atoms with E-state index in [2.05, 4.69) is 5.32 Å². The molecule has 0 bridgehead atoms. The Morgan fingerprint density at radius 3 is 2.72 bits per heavy atom. The number of halogens is 1. The summed E-state index contributed by atoms with van der Waals surface area (Å²) in [5.41, 5.74) is 6.39. The SMILES string of the molecule is N#Cc1cccc(COc2ccc(NCC(=O)NC(N)=O)cc2F)c1. The Hall–Kier alpha value is -3.60. The number of amides is 3. The van der Waals surface area contributed by atoms with Crippen molar-refractivity contribution in [3.63, 3.8) is 0 Å². The molecule has 2 aromatic rings. The Bertz CT molecular complexity index is 833. The molecule has 8 heteroatoms. The van der Waals surface area contributed by atoms with Gasteiger partial charge in [-0.25, -0.2) is 9.18 Å². The van der Waals surface area contributed by atoms with E-state index < -0.39 is 17.8 Å². The number of carbonyl (C=O) groups excluding carboxylic acids is 2. The van der Waals surface area contributed by atoms with Crippen molar-refractivity contribution >= 4 is 17.6 Å². The fourth-order valence-electron chi connectivity index (χ4n) is 1.98. The van der Waals surface area contributed by atoms with E-state index in [9.17, 15) is 14.0 Å². The topological polar surface area (TPSA) is 117 Å². The number of primary amides is 1. The standard InChI is InChI=1S/C17H15FN4O3/c18-14-7-13(21-9-16(23)22-17(20)24)4-5-15(14)25-10-12-3-1-2-11(6-12)8-19/h1-7,21H,9-10H2,(H3,20,22,23,24). The van der Waals surface area contributed by atoms with Crippen LogP contribution in [0.25, 0.3) is 0 Å². The molecule has 2 aromatic carbocycles. The number of nitrogens with one attached hydrogen (secondary N) is 2. The summed E-state index contributed by atoms with van der Waals surface area (Å²) >= 11 is 0. The lowest BCUT2D eigenvalue weighted by Crippen LogP contribution is -2.38. The predicted octanol–water partition coefficient (Wildman–Crippen LogP) is 1.88. The zero-order valence-electron chi connectivity index (χ0n) is 13.1. The second kappa shape index (κ2) is 8.31. The second-order valence-corrected chi connectivity index (χ2v) is 5.01. The van der Waals surface area contributed by atoms with Crippen molar-refractivity contribution in [3.8, 4) is 11.8 Å². The number of anilines is 1. The molecular weight excluding hydrogens is 327 g/mol. The molecule has 3 amide bonds. The molecule has 2 rings (SSSR count). The molecule has 0 spiro atoms. The molecule has 4 N–H and O–H groups in total. The molecule has 0 fully saturated rings. The van der Waals surface area contributed by atoms with Gasteiger partial charge in [-0.05, 0) is 29.8 Å². The van der Waals surface area contributed by atoms with Gasteiger partial charge in [0.15, 0.2) is 11.6 Å². The maximum Gasteiger partial charge on any atom is 0.318 e. The van der Waals surface area contributed by atoms with Crippen LogP contribution < -0.4 is 21.1 Å². The number of rotatable bonds is 6. The molecular formula is C17H15FN4O3. The fraction of sp³-hybridized carbons (Fsp3) is 0.118. The van der Waals surface area contributed by atoms with Crippen molar-refractivity contribution in [2.75, 3.05) is 11.9 Å². The largest absolute Gasteiger partial charge is 0.486 e. The van der Waals surface area contributed by atoms with Crippen molar-refractivity contribution in [1.29, 1.82) is 5.26 Å². The molecule has 25 heavy (non-hydrogen) atoms. The number of urea groups is 1. The Kier molecular flexibility index (Phi) is 5.90. The normalized spacial score (nSPS) is 9.76. The van der Waals surface area contributed by atoms with E-state index in [1.807, 2.05) is 11.4 Å². The van der Waals surface area contributed by atoms with E-state index in [1.54, 1.807) is 24.3 Å². The molecule has 0 atom stereocenters. The molecule has 0 aliphatic rings. The van der Waals surface area contributed by atoms with Gasteiger partial charge in [-0.1, -0.05) is 12.1 Å². The van der Waals surface area contributed by atoms with Crippen molar-refractivity contribution < 1.29 is 18.7 Å². The van der Waals surface area contributed by atoms with E-state index in [0.29, 0.717) is 11.3 Å². The number of imide groups is 1. The Morgan fingerprint density at radius 2 is 2.04 bits per heavy atom. The lowest BCUT2D eigenvalue weighted by molar-refractivity contribution is -0.118. The molecule has 7 nitrogen and oxygen atoms in total. The summed E-state index contributed by atoms with van der Waals surface area (Å²) in [5.74, 6) is -1.21. The first-order valence-corrected chi connectivity index (χ1v) is 7.22. The highest BCUT2D eigenvalue weighted by molar-refractivity contribution is 5.95. The van der Waals surface area contributed by atoms with Gasteiger partial charge in [0.05, 0.1) is 18.2 Å². The average molecular weight is 342 g/mol. The minimum Gasteiger partial charge on any atom is -0.486 e. The van der Waals surface area contributed by atoms with Crippen molar-refractivity contribution in [2.24, 2.45) is 5.73 Å². The summed E-state index contributed by atoms with van der Waals surface area (Å²) in [6, 6.07) is 12.0. The number of ether oxygens (including phenoxy) is 1. The predicted molar refractivity (Wildman–Crippen MR) is 88.1 cm³/mol. The zero-order chi connectivity index (χ0) is 18.2. The van der Waals surface area contributed by atoms with E-state index in [4.69, 9.17) is 15.7 Å². The van der Waals surface area contributed by atoms with Crippen molar-refractivity contribution in [3.05, 3.63) is 59.4 Å². The van der Waals surface area contributed by atoms with Gasteiger partial charge >= 0.3 is 6.03 Å². The van der Waals surface area contributed by atoms with Gasteiger partial charge in [0.25, 0.3) is 0 Å². The second-order valence-electron chi connectivity index (χ2n) is 5.01. The lowest BCUT2D eigenvalue weighted by Gasteiger charge is -2.10. The molecule has 0 aliphatic carbocycles. The van der Waals surface area contributed by atoms with E-state index in [1.165, 1.54) is 18.2 Å². The van der Waals surface area contributed by atoms with E-state index in [-0.39, 0.29) is 18.9 Å². The number of nitrogens with two attached hydrogens (primary N) is 1. The minimum absolute atomic E-state index is 0.0366. The number of nitriles is 1. The molecule has 0 aliphatic heterocycles. The maximum absolute atomic E-state index is 14.0. The monoisotopic (exact) mass is 342 g/mol. The quantitative estimate of drug-likeness (QED) is 0.741. The smallest absolute Gasteiger partial charge is 0.318 e. The van der Waals surface area contributed by atoms with Gasteiger partial charge in [0.2, 0.25) is 5.91 Å².